The Balaban J connectivity index is 1.53. The molecule has 1 atom stereocenters. The van der Waals surface area contributed by atoms with E-state index in [1.807, 2.05) is 43.3 Å². The van der Waals surface area contributed by atoms with E-state index in [2.05, 4.69) is 17.4 Å². The third kappa shape index (κ3) is 2.87. The fourth-order valence-corrected chi connectivity index (χ4v) is 2.44. The van der Waals surface area contributed by atoms with Crippen molar-refractivity contribution in [3.05, 3.63) is 54.1 Å². The molecule has 1 aliphatic heterocycles. The first-order valence-electron chi connectivity index (χ1n) is 7.06. The number of nitrogens with one attached hydrogen (secondary N) is 1. The highest BCUT2D eigenvalue weighted by Gasteiger charge is 2.21. The number of para-hydroxylation sites is 1. The molecule has 20 heavy (non-hydrogen) atoms. The normalized spacial score (nSPS) is 16.4. The van der Waals surface area contributed by atoms with Crippen molar-refractivity contribution in [2.45, 2.75) is 19.4 Å². The maximum atomic E-state index is 5.90. The maximum Gasteiger partial charge on any atom is 0.123 e. The van der Waals surface area contributed by atoms with Crippen molar-refractivity contribution in [2.24, 2.45) is 0 Å². The van der Waals surface area contributed by atoms with E-state index >= 15 is 0 Å². The highest BCUT2D eigenvalue weighted by Crippen LogP contribution is 2.28. The predicted molar refractivity (Wildman–Crippen MR) is 80.7 cm³/mol. The van der Waals surface area contributed by atoms with Crippen LogP contribution in [0.5, 0.6) is 11.5 Å². The fraction of sp³-hybridized carbons (Fsp3) is 0.294. The van der Waals surface area contributed by atoms with Gasteiger partial charge in [-0.1, -0.05) is 18.2 Å². The Morgan fingerprint density at radius 2 is 1.95 bits per heavy atom. The topological polar surface area (TPSA) is 30.5 Å². The molecule has 3 rings (SSSR count). The van der Waals surface area contributed by atoms with E-state index in [0.717, 1.165) is 30.2 Å². The molecule has 104 valence electrons. The summed E-state index contributed by atoms with van der Waals surface area (Å²) in [5.41, 5.74) is 2.39. The van der Waals surface area contributed by atoms with Crippen molar-refractivity contribution >= 4 is 5.69 Å². The lowest BCUT2D eigenvalue weighted by Crippen LogP contribution is -2.23. The molecule has 0 bridgehead atoms. The molecule has 1 N–H and O–H groups in total. The molecule has 1 unspecified atom stereocenters. The monoisotopic (exact) mass is 269 g/mol. The Morgan fingerprint density at radius 1 is 1.15 bits per heavy atom. The molecule has 2 aromatic carbocycles. The van der Waals surface area contributed by atoms with Crippen LogP contribution < -0.4 is 14.8 Å². The minimum atomic E-state index is 0.207. The Morgan fingerprint density at radius 3 is 2.70 bits per heavy atom. The van der Waals surface area contributed by atoms with Crippen LogP contribution in [0.15, 0.2) is 48.5 Å². The molecule has 1 aliphatic rings. The number of anilines is 1. The molecule has 0 radical (unpaired) electrons. The molecule has 1 heterocycles. The summed E-state index contributed by atoms with van der Waals surface area (Å²) < 4.78 is 11.3. The van der Waals surface area contributed by atoms with Gasteiger partial charge in [-0.2, -0.15) is 0 Å². The molecule has 2 aromatic rings. The average Bonchev–Trinajstić information content (AvgIpc) is 2.90. The van der Waals surface area contributed by atoms with Gasteiger partial charge in [0.05, 0.1) is 13.2 Å². The van der Waals surface area contributed by atoms with Crippen molar-refractivity contribution in [3.8, 4) is 11.5 Å². The molecule has 0 aliphatic carbocycles. The number of hydrogen-bond acceptors (Lipinski definition) is 3. The van der Waals surface area contributed by atoms with Crippen LogP contribution in [0.2, 0.25) is 0 Å². The first-order chi connectivity index (χ1) is 9.85. The third-order valence-electron chi connectivity index (χ3n) is 3.41. The number of hydrogen-bond donors (Lipinski definition) is 1. The van der Waals surface area contributed by atoms with Gasteiger partial charge in [0.15, 0.2) is 0 Å². The second-order valence-electron chi connectivity index (χ2n) is 4.89. The summed E-state index contributed by atoms with van der Waals surface area (Å²) in [6.07, 6.45) is 1.18. The van der Waals surface area contributed by atoms with Crippen molar-refractivity contribution in [2.75, 3.05) is 18.5 Å². The second kappa shape index (κ2) is 5.87. The average molecular weight is 269 g/mol. The van der Waals surface area contributed by atoms with Gasteiger partial charge >= 0.3 is 0 Å². The molecule has 0 aromatic heterocycles. The minimum Gasteiger partial charge on any atom is -0.494 e. The maximum absolute atomic E-state index is 5.90. The molecule has 3 heteroatoms. The van der Waals surface area contributed by atoms with Crippen molar-refractivity contribution < 1.29 is 9.47 Å². The first-order valence-corrected chi connectivity index (χ1v) is 7.06. The van der Waals surface area contributed by atoms with E-state index < -0.39 is 0 Å². The summed E-state index contributed by atoms with van der Waals surface area (Å²) in [5, 5.41) is 3.41. The minimum absolute atomic E-state index is 0.207. The highest BCUT2D eigenvalue weighted by molar-refractivity contribution is 5.47. The quantitative estimate of drug-likeness (QED) is 0.901. The molecule has 0 saturated heterocycles. The lowest BCUT2D eigenvalue weighted by Gasteiger charge is -2.13. The van der Waals surface area contributed by atoms with E-state index in [-0.39, 0.29) is 6.10 Å². The van der Waals surface area contributed by atoms with Gasteiger partial charge < -0.3 is 14.8 Å². The van der Waals surface area contributed by atoms with E-state index in [1.165, 1.54) is 5.56 Å². The van der Waals surface area contributed by atoms with Gasteiger partial charge in [0.1, 0.15) is 17.6 Å². The van der Waals surface area contributed by atoms with Crippen LogP contribution in [0.25, 0.3) is 0 Å². The van der Waals surface area contributed by atoms with Crippen molar-refractivity contribution in [3.63, 3.8) is 0 Å². The summed E-state index contributed by atoms with van der Waals surface area (Å²) in [4.78, 5) is 0. The molecule has 0 fully saturated rings. The van der Waals surface area contributed by atoms with E-state index in [9.17, 15) is 0 Å². The Hall–Kier alpha value is -2.16. The third-order valence-corrected chi connectivity index (χ3v) is 3.41. The largest absolute Gasteiger partial charge is 0.494 e. The lowest BCUT2D eigenvalue weighted by molar-refractivity contribution is 0.246. The summed E-state index contributed by atoms with van der Waals surface area (Å²) in [7, 11) is 0. The fourth-order valence-electron chi connectivity index (χ4n) is 2.44. The SMILES string of the molecule is CCOc1ccc(NCC2Cc3ccccc3O2)cc1. The molecule has 0 amide bonds. The van der Waals surface area contributed by atoms with Crippen molar-refractivity contribution in [1.29, 1.82) is 0 Å². The lowest BCUT2D eigenvalue weighted by atomic mass is 10.1. The van der Waals surface area contributed by atoms with Crippen LogP contribution in [0.1, 0.15) is 12.5 Å². The molecular formula is C17H19NO2. The Labute approximate surface area is 119 Å². The first kappa shape index (κ1) is 12.9. The van der Waals surface area contributed by atoms with Gasteiger partial charge in [-0.05, 0) is 42.8 Å². The van der Waals surface area contributed by atoms with Crippen LogP contribution in [-0.4, -0.2) is 19.3 Å². The second-order valence-corrected chi connectivity index (χ2v) is 4.89. The van der Waals surface area contributed by atoms with Crippen LogP contribution in [0.4, 0.5) is 5.69 Å². The summed E-state index contributed by atoms with van der Waals surface area (Å²) in [6.45, 7) is 3.49. The van der Waals surface area contributed by atoms with Crippen LogP contribution in [-0.2, 0) is 6.42 Å². The Kier molecular flexibility index (Phi) is 3.77. The van der Waals surface area contributed by atoms with Gasteiger partial charge in [-0.15, -0.1) is 0 Å². The van der Waals surface area contributed by atoms with Crippen LogP contribution in [0, 0.1) is 0 Å². The van der Waals surface area contributed by atoms with Gasteiger partial charge in [-0.25, -0.2) is 0 Å². The number of ether oxygens (including phenoxy) is 2. The van der Waals surface area contributed by atoms with E-state index in [4.69, 9.17) is 9.47 Å². The highest BCUT2D eigenvalue weighted by atomic mass is 16.5. The number of rotatable bonds is 5. The van der Waals surface area contributed by atoms with Gasteiger partial charge in [0.2, 0.25) is 0 Å². The molecule has 0 saturated carbocycles. The number of fused-ring (bicyclic) bond motifs is 1. The van der Waals surface area contributed by atoms with Gasteiger partial charge in [0.25, 0.3) is 0 Å². The summed E-state index contributed by atoms with van der Waals surface area (Å²) in [6, 6.07) is 16.3. The summed E-state index contributed by atoms with van der Waals surface area (Å²) >= 11 is 0. The Bertz CT molecular complexity index is 540. The zero-order chi connectivity index (χ0) is 13.8. The van der Waals surface area contributed by atoms with Gasteiger partial charge in [0, 0.05) is 12.1 Å². The van der Waals surface area contributed by atoms with Crippen LogP contribution in [0.3, 0.4) is 0 Å². The smallest absolute Gasteiger partial charge is 0.123 e. The zero-order valence-corrected chi connectivity index (χ0v) is 11.6. The zero-order valence-electron chi connectivity index (χ0n) is 11.6. The van der Waals surface area contributed by atoms with Crippen molar-refractivity contribution in [1.82, 2.24) is 0 Å². The van der Waals surface area contributed by atoms with Crippen LogP contribution >= 0.6 is 0 Å². The molecular weight excluding hydrogens is 250 g/mol. The standard InChI is InChI=1S/C17H19NO2/c1-2-19-15-9-7-14(8-10-15)18-12-16-11-13-5-3-4-6-17(13)20-16/h3-10,16,18H,2,11-12H2,1H3. The molecule has 3 nitrogen and oxygen atoms in total. The van der Waals surface area contributed by atoms with E-state index in [1.54, 1.807) is 0 Å². The van der Waals surface area contributed by atoms with E-state index in [0.29, 0.717) is 6.61 Å². The molecule has 0 spiro atoms. The van der Waals surface area contributed by atoms with Gasteiger partial charge in [-0.3, -0.25) is 0 Å². The predicted octanol–water partition coefficient (Wildman–Crippen LogP) is 3.50. The number of benzene rings is 2. The summed E-state index contributed by atoms with van der Waals surface area (Å²) in [5.74, 6) is 1.92.